The number of hydrogen-bond donors (Lipinski definition) is 1. The van der Waals surface area contributed by atoms with E-state index in [0.29, 0.717) is 19.0 Å². The molecule has 0 saturated heterocycles. The van der Waals surface area contributed by atoms with Crippen LogP contribution in [0.1, 0.15) is 12.5 Å². The predicted molar refractivity (Wildman–Crippen MR) is 78.0 cm³/mol. The van der Waals surface area contributed by atoms with E-state index < -0.39 is 0 Å². The Bertz CT molecular complexity index is 633. The zero-order chi connectivity index (χ0) is 14.7. The van der Waals surface area contributed by atoms with Crippen LogP contribution in [-0.4, -0.2) is 33.8 Å². The highest BCUT2D eigenvalue weighted by molar-refractivity contribution is 5.88. The van der Waals surface area contributed by atoms with Crippen molar-refractivity contribution in [1.82, 2.24) is 15.1 Å². The number of hydrogen-bond acceptors (Lipinski definition) is 4. The Morgan fingerprint density at radius 3 is 3.00 bits per heavy atom. The molecular formula is C15H16N4O2. The molecule has 2 aromatic rings. The maximum atomic E-state index is 12.4. The smallest absolute Gasteiger partial charge is 0.323 e. The Kier molecular flexibility index (Phi) is 3.68. The lowest BCUT2D eigenvalue weighted by Crippen LogP contribution is -2.42. The highest BCUT2D eigenvalue weighted by Crippen LogP contribution is 2.25. The summed E-state index contributed by atoms with van der Waals surface area (Å²) in [5.41, 5.74) is 0.996. The van der Waals surface area contributed by atoms with E-state index in [1.165, 1.54) is 0 Å². The third-order valence-corrected chi connectivity index (χ3v) is 3.39. The van der Waals surface area contributed by atoms with Crippen LogP contribution in [0.15, 0.2) is 42.6 Å². The largest absolute Gasteiger partial charge is 0.491 e. The predicted octanol–water partition coefficient (Wildman–Crippen LogP) is 2.29. The molecule has 0 bridgehead atoms. The van der Waals surface area contributed by atoms with Crippen LogP contribution in [0.5, 0.6) is 5.75 Å². The molecule has 108 valence electrons. The van der Waals surface area contributed by atoms with Crippen molar-refractivity contribution in [1.29, 1.82) is 0 Å². The average molecular weight is 284 g/mol. The summed E-state index contributed by atoms with van der Waals surface area (Å²) in [6.45, 7) is 2.93. The second-order valence-corrected chi connectivity index (χ2v) is 4.93. The Hall–Kier alpha value is -2.63. The van der Waals surface area contributed by atoms with Crippen molar-refractivity contribution in [3.8, 4) is 5.75 Å². The molecule has 1 atom stereocenters. The highest BCUT2D eigenvalue weighted by atomic mass is 16.5. The summed E-state index contributed by atoms with van der Waals surface area (Å²) in [6, 6.07) is 11.0. The van der Waals surface area contributed by atoms with Gasteiger partial charge in [0.2, 0.25) is 0 Å². The topological polar surface area (TPSA) is 67.3 Å². The third-order valence-electron chi connectivity index (χ3n) is 3.39. The molecule has 1 N–H and O–H groups in total. The first-order valence-corrected chi connectivity index (χ1v) is 6.80. The van der Waals surface area contributed by atoms with Crippen molar-refractivity contribution in [2.75, 3.05) is 11.9 Å². The molecule has 1 aliphatic rings. The molecule has 1 unspecified atom stereocenters. The summed E-state index contributed by atoms with van der Waals surface area (Å²) in [4.78, 5) is 14.2. The first-order chi connectivity index (χ1) is 10.2. The van der Waals surface area contributed by atoms with E-state index in [0.717, 1.165) is 11.3 Å². The van der Waals surface area contributed by atoms with Gasteiger partial charge in [-0.2, -0.15) is 5.10 Å². The van der Waals surface area contributed by atoms with E-state index in [2.05, 4.69) is 15.5 Å². The molecule has 0 aliphatic carbocycles. The van der Waals surface area contributed by atoms with Crippen LogP contribution >= 0.6 is 0 Å². The Morgan fingerprint density at radius 1 is 1.33 bits per heavy atom. The Morgan fingerprint density at radius 2 is 2.19 bits per heavy atom. The monoisotopic (exact) mass is 284 g/mol. The number of para-hydroxylation sites is 1. The van der Waals surface area contributed by atoms with Gasteiger partial charge in [-0.3, -0.25) is 5.32 Å². The minimum atomic E-state index is -0.205. The molecule has 0 fully saturated rings. The van der Waals surface area contributed by atoms with Crippen molar-refractivity contribution in [3.63, 3.8) is 0 Å². The standard InChI is InChI=1S/C15H16N4O2/c1-11-10-21-13-6-3-2-5-12(13)9-19(11)15(20)17-14-7-4-8-16-18-14/h2-8,11H,9-10H2,1H3,(H,17,18,20). The van der Waals surface area contributed by atoms with Gasteiger partial charge >= 0.3 is 6.03 Å². The maximum absolute atomic E-state index is 12.4. The number of nitrogens with one attached hydrogen (secondary N) is 1. The second-order valence-electron chi connectivity index (χ2n) is 4.93. The van der Waals surface area contributed by atoms with Gasteiger partial charge in [-0.15, -0.1) is 5.10 Å². The summed E-state index contributed by atoms with van der Waals surface area (Å²) >= 11 is 0. The van der Waals surface area contributed by atoms with Crippen LogP contribution in [-0.2, 0) is 6.54 Å². The van der Waals surface area contributed by atoms with Crippen molar-refractivity contribution in [2.45, 2.75) is 19.5 Å². The first-order valence-electron chi connectivity index (χ1n) is 6.80. The zero-order valence-electron chi connectivity index (χ0n) is 11.7. The van der Waals surface area contributed by atoms with Crippen LogP contribution in [0.25, 0.3) is 0 Å². The van der Waals surface area contributed by atoms with Gasteiger partial charge in [0.25, 0.3) is 0 Å². The van der Waals surface area contributed by atoms with Crippen molar-refractivity contribution >= 4 is 11.8 Å². The highest BCUT2D eigenvalue weighted by Gasteiger charge is 2.25. The zero-order valence-corrected chi connectivity index (χ0v) is 11.7. The summed E-state index contributed by atoms with van der Waals surface area (Å²) in [5.74, 6) is 1.27. The number of benzene rings is 1. The lowest BCUT2D eigenvalue weighted by molar-refractivity contribution is 0.167. The van der Waals surface area contributed by atoms with E-state index in [4.69, 9.17) is 4.74 Å². The molecule has 0 radical (unpaired) electrons. The summed E-state index contributed by atoms with van der Waals surface area (Å²) in [7, 11) is 0. The summed E-state index contributed by atoms with van der Waals surface area (Å²) in [6.07, 6.45) is 1.56. The third kappa shape index (κ3) is 2.94. The number of aromatic nitrogens is 2. The van der Waals surface area contributed by atoms with Crippen LogP contribution < -0.4 is 10.1 Å². The van der Waals surface area contributed by atoms with Gasteiger partial charge in [-0.05, 0) is 25.1 Å². The minimum Gasteiger partial charge on any atom is -0.491 e. The molecular weight excluding hydrogens is 268 g/mol. The van der Waals surface area contributed by atoms with Gasteiger partial charge in [0, 0.05) is 11.8 Å². The molecule has 0 spiro atoms. The molecule has 3 rings (SSSR count). The summed E-state index contributed by atoms with van der Waals surface area (Å²) in [5, 5.41) is 10.4. The molecule has 6 nitrogen and oxygen atoms in total. The fourth-order valence-electron chi connectivity index (χ4n) is 2.24. The molecule has 1 aromatic heterocycles. The van der Waals surface area contributed by atoms with Crippen LogP contribution in [0.4, 0.5) is 10.6 Å². The maximum Gasteiger partial charge on any atom is 0.323 e. The number of carbonyl (C=O) groups is 1. The lowest BCUT2D eigenvalue weighted by atomic mass is 10.2. The van der Waals surface area contributed by atoms with Crippen molar-refractivity contribution in [2.24, 2.45) is 0 Å². The first kappa shape index (κ1) is 13.4. The number of ether oxygens (including phenoxy) is 1. The van der Waals surface area contributed by atoms with Crippen LogP contribution in [0.2, 0.25) is 0 Å². The SMILES string of the molecule is CC1COc2ccccc2CN1C(=O)Nc1cccnn1. The van der Waals surface area contributed by atoms with E-state index in [1.54, 1.807) is 23.2 Å². The molecule has 2 amide bonds. The Labute approximate surface area is 122 Å². The van der Waals surface area contributed by atoms with E-state index in [-0.39, 0.29) is 12.1 Å². The number of nitrogens with zero attached hydrogens (tertiary/aromatic N) is 3. The summed E-state index contributed by atoms with van der Waals surface area (Å²) < 4.78 is 5.74. The number of carbonyl (C=O) groups excluding carboxylic acids is 1. The van der Waals surface area contributed by atoms with E-state index >= 15 is 0 Å². The van der Waals surface area contributed by atoms with Crippen molar-refractivity contribution < 1.29 is 9.53 Å². The van der Waals surface area contributed by atoms with E-state index in [1.807, 2.05) is 31.2 Å². The van der Waals surface area contributed by atoms with Crippen LogP contribution in [0, 0.1) is 0 Å². The second kappa shape index (κ2) is 5.78. The molecule has 21 heavy (non-hydrogen) atoms. The van der Waals surface area contributed by atoms with Gasteiger partial charge < -0.3 is 9.64 Å². The number of amides is 2. The molecule has 2 heterocycles. The number of anilines is 1. The number of urea groups is 1. The fraction of sp³-hybridized carbons (Fsp3) is 0.267. The molecule has 0 saturated carbocycles. The van der Waals surface area contributed by atoms with Gasteiger partial charge in [-0.25, -0.2) is 4.79 Å². The van der Waals surface area contributed by atoms with Gasteiger partial charge in [0.1, 0.15) is 12.4 Å². The fourth-order valence-corrected chi connectivity index (χ4v) is 2.24. The lowest BCUT2D eigenvalue weighted by Gasteiger charge is -2.26. The quantitative estimate of drug-likeness (QED) is 0.872. The molecule has 1 aromatic carbocycles. The average Bonchev–Trinajstić information content (AvgIpc) is 2.68. The van der Waals surface area contributed by atoms with Gasteiger partial charge in [-0.1, -0.05) is 18.2 Å². The van der Waals surface area contributed by atoms with Crippen LogP contribution in [0.3, 0.4) is 0 Å². The number of fused-ring (bicyclic) bond motifs is 1. The van der Waals surface area contributed by atoms with Gasteiger partial charge in [0.15, 0.2) is 5.82 Å². The molecule has 1 aliphatic heterocycles. The van der Waals surface area contributed by atoms with Crippen molar-refractivity contribution in [3.05, 3.63) is 48.2 Å². The molecule has 6 heteroatoms. The Balaban J connectivity index is 1.79. The van der Waals surface area contributed by atoms with E-state index in [9.17, 15) is 4.79 Å². The normalized spacial score (nSPS) is 17.4. The minimum absolute atomic E-state index is 0.0333. The number of rotatable bonds is 1. The van der Waals surface area contributed by atoms with Gasteiger partial charge in [0.05, 0.1) is 12.6 Å².